The highest BCUT2D eigenvalue weighted by molar-refractivity contribution is 7.10. The van der Waals surface area contributed by atoms with Crippen LogP contribution in [-0.2, 0) is 29.0 Å². The van der Waals surface area contributed by atoms with Crippen LogP contribution in [0.5, 0.6) is 5.75 Å². The van der Waals surface area contributed by atoms with Crippen molar-refractivity contribution >= 4 is 29.1 Å². The van der Waals surface area contributed by atoms with Gasteiger partial charge in [0.1, 0.15) is 11.8 Å². The van der Waals surface area contributed by atoms with Gasteiger partial charge in [0.2, 0.25) is 5.82 Å². The fourth-order valence-electron chi connectivity index (χ4n) is 3.03. The molecule has 0 amide bonds. The van der Waals surface area contributed by atoms with Crippen molar-refractivity contribution in [3.63, 3.8) is 0 Å². The van der Waals surface area contributed by atoms with Gasteiger partial charge in [-0.2, -0.15) is 8.76 Å². The Bertz CT molecular complexity index is 1050. The van der Waals surface area contributed by atoms with Gasteiger partial charge in [0.15, 0.2) is 11.6 Å². The van der Waals surface area contributed by atoms with Gasteiger partial charge in [-0.15, -0.1) is 0 Å². The van der Waals surface area contributed by atoms with Gasteiger partial charge in [-0.05, 0) is 54.1 Å². The number of aryl methyl sites for hydroxylation is 2. The first-order valence-electron chi connectivity index (χ1n) is 9.93. The first-order chi connectivity index (χ1) is 14.9. The number of nitrogens with zero attached hydrogens (tertiary/aromatic N) is 1. The lowest BCUT2D eigenvalue weighted by atomic mass is 10.1. The quantitative estimate of drug-likeness (QED) is 0.344. The molecule has 31 heavy (non-hydrogen) atoms. The maximum Gasteiger partial charge on any atom is 0.306 e. The Hall–Kier alpha value is -2.51. The van der Waals surface area contributed by atoms with Gasteiger partial charge in [0.05, 0.1) is 11.5 Å². The Kier molecular flexibility index (Phi) is 7.98. The van der Waals surface area contributed by atoms with Gasteiger partial charge >= 0.3 is 5.97 Å². The van der Waals surface area contributed by atoms with Crippen LogP contribution in [0.15, 0.2) is 36.4 Å². The minimum atomic E-state index is -1.10. The Morgan fingerprint density at radius 3 is 2.52 bits per heavy atom. The van der Waals surface area contributed by atoms with Crippen molar-refractivity contribution in [2.75, 3.05) is 6.61 Å². The maximum atomic E-state index is 14.5. The summed E-state index contributed by atoms with van der Waals surface area (Å²) in [6.45, 7) is 3.95. The smallest absolute Gasteiger partial charge is 0.306 e. The molecule has 0 saturated carbocycles. The lowest BCUT2D eigenvalue weighted by molar-refractivity contribution is -0.143. The monoisotopic (exact) mass is 465 g/mol. The Morgan fingerprint density at radius 2 is 1.84 bits per heavy atom. The van der Waals surface area contributed by atoms with Gasteiger partial charge < -0.3 is 9.47 Å². The van der Waals surface area contributed by atoms with Gasteiger partial charge in [-0.25, -0.2) is 4.39 Å². The van der Waals surface area contributed by atoms with Crippen molar-refractivity contribution in [3.8, 4) is 16.2 Å². The summed E-state index contributed by atoms with van der Waals surface area (Å²) >= 11 is 7.45. The summed E-state index contributed by atoms with van der Waals surface area (Å²) in [5, 5.41) is 0.270. The summed E-state index contributed by atoms with van der Waals surface area (Å²) in [5.41, 5.74) is 2.84. The zero-order valence-corrected chi connectivity index (χ0v) is 18.8. The molecule has 2 aromatic carbocycles. The number of aromatic nitrogens is 1. The summed E-state index contributed by atoms with van der Waals surface area (Å²) in [6.07, 6.45) is 0.946. The van der Waals surface area contributed by atoms with Gasteiger partial charge in [0.25, 0.3) is 0 Å². The van der Waals surface area contributed by atoms with Crippen LogP contribution in [0.25, 0.3) is 10.4 Å². The number of benzene rings is 2. The van der Waals surface area contributed by atoms with Crippen molar-refractivity contribution in [1.82, 2.24) is 4.37 Å². The molecule has 0 fully saturated rings. The second kappa shape index (κ2) is 10.7. The van der Waals surface area contributed by atoms with E-state index in [1.165, 1.54) is 29.2 Å². The molecule has 0 bridgehead atoms. The number of hydrogen-bond acceptors (Lipinski definition) is 5. The molecule has 0 aliphatic heterocycles. The van der Waals surface area contributed by atoms with Crippen LogP contribution in [0.4, 0.5) is 8.78 Å². The largest absolute Gasteiger partial charge is 0.486 e. The Balaban J connectivity index is 1.73. The molecule has 0 radical (unpaired) electrons. The van der Waals surface area contributed by atoms with E-state index in [4.69, 9.17) is 21.1 Å². The minimum absolute atomic E-state index is 0.0270. The number of carbonyl (C=O) groups is 1. The zero-order chi connectivity index (χ0) is 22.4. The normalized spacial score (nSPS) is 10.9. The molecule has 4 nitrogen and oxygen atoms in total. The van der Waals surface area contributed by atoms with Crippen molar-refractivity contribution < 1.29 is 23.0 Å². The molecular weight excluding hydrogens is 444 g/mol. The van der Waals surface area contributed by atoms with Crippen LogP contribution >= 0.6 is 23.1 Å². The third kappa shape index (κ3) is 5.60. The zero-order valence-electron chi connectivity index (χ0n) is 17.2. The van der Waals surface area contributed by atoms with Crippen molar-refractivity contribution in [2.24, 2.45) is 0 Å². The van der Waals surface area contributed by atoms with E-state index in [1.54, 1.807) is 6.92 Å². The maximum absolute atomic E-state index is 14.5. The number of rotatable bonds is 9. The van der Waals surface area contributed by atoms with E-state index < -0.39 is 17.6 Å². The molecule has 3 rings (SSSR count). The van der Waals surface area contributed by atoms with E-state index in [1.807, 2.05) is 24.3 Å². The second-order valence-electron chi connectivity index (χ2n) is 6.78. The number of esters is 1. The molecule has 0 N–H and O–H groups in total. The van der Waals surface area contributed by atoms with E-state index in [0.717, 1.165) is 16.9 Å². The third-order valence-corrected chi connectivity index (χ3v) is 6.12. The van der Waals surface area contributed by atoms with Crippen molar-refractivity contribution in [3.05, 3.63) is 69.9 Å². The van der Waals surface area contributed by atoms with Crippen LogP contribution < -0.4 is 4.74 Å². The molecule has 0 saturated heterocycles. The summed E-state index contributed by atoms with van der Waals surface area (Å²) in [5.74, 6) is -2.82. The predicted molar refractivity (Wildman–Crippen MR) is 118 cm³/mol. The molecule has 8 heteroatoms. The Labute approximate surface area is 188 Å². The average molecular weight is 466 g/mol. The number of ether oxygens (including phenoxy) is 2. The fraction of sp³-hybridized carbons (Fsp3) is 0.304. The molecule has 0 unspecified atom stereocenters. The number of halogens is 3. The van der Waals surface area contributed by atoms with Crippen LogP contribution in [-0.4, -0.2) is 16.9 Å². The van der Waals surface area contributed by atoms with Crippen LogP contribution in [0, 0.1) is 11.6 Å². The lowest BCUT2D eigenvalue weighted by Gasteiger charge is -2.11. The fourth-order valence-corrected chi connectivity index (χ4v) is 4.13. The summed E-state index contributed by atoms with van der Waals surface area (Å²) in [4.78, 5) is 12.3. The highest BCUT2D eigenvalue weighted by atomic mass is 35.5. The third-order valence-electron chi connectivity index (χ3n) is 4.77. The summed E-state index contributed by atoms with van der Waals surface area (Å²) < 4.78 is 43.5. The van der Waals surface area contributed by atoms with E-state index in [-0.39, 0.29) is 42.5 Å². The molecular formula is C23H22ClF2NO3S. The molecule has 0 aliphatic carbocycles. The first kappa shape index (κ1) is 23.2. The van der Waals surface area contributed by atoms with E-state index in [9.17, 15) is 13.6 Å². The molecule has 164 valence electrons. The van der Waals surface area contributed by atoms with Gasteiger partial charge in [0, 0.05) is 12.0 Å². The highest BCUT2D eigenvalue weighted by Crippen LogP contribution is 2.34. The minimum Gasteiger partial charge on any atom is -0.486 e. The van der Waals surface area contributed by atoms with Gasteiger partial charge in [-0.3, -0.25) is 4.79 Å². The molecule has 3 aromatic rings. The van der Waals surface area contributed by atoms with E-state index in [0.29, 0.717) is 5.56 Å². The molecule has 0 spiro atoms. The van der Waals surface area contributed by atoms with Crippen LogP contribution in [0.1, 0.15) is 37.0 Å². The molecule has 0 atom stereocenters. The SMILES string of the molecule is CCOC(=O)CCc1ccc(OCc2c(Cl)nsc2-c2ccc(CC)cc2)c(F)c1F. The molecule has 1 aromatic heterocycles. The molecule has 0 aliphatic rings. The number of hydrogen-bond donors (Lipinski definition) is 0. The van der Waals surface area contributed by atoms with E-state index in [2.05, 4.69) is 11.3 Å². The summed E-state index contributed by atoms with van der Waals surface area (Å²) in [6, 6.07) is 10.8. The topological polar surface area (TPSA) is 48.4 Å². The van der Waals surface area contributed by atoms with Crippen molar-refractivity contribution in [2.45, 2.75) is 39.7 Å². The number of carbonyl (C=O) groups excluding carboxylic acids is 1. The van der Waals surface area contributed by atoms with Crippen LogP contribution in [0.2, 0.25) is 5.15 Å². The van der Waals surface area contributed by atoms with Crippen molar-refractivity contribution in [1.29, 1.82) is 0 Å². The standard InChI is InChI=1S/C23H22ClF2NO3S/c1-3-14-5-7-16(8-6-14)22-17(23(24)27-31-22)13-30-18-11-9-15(20(25)21(18)26)10-12-19(28)29-4-2/h5-9,11H,3-4,10,12-13H2,1-2H3. The highest BCUT2D eigenvalue weighted by Gasteiger charge is 2.19. The van der Waals surface area contributed by atoms with Crippen LogP contribution in [0.3, 0.4) is 0 Å². The second-order valence-corrected chi connectivity index (χ2v) is 7.91. The van der Waals surface area contributed by atoms with Gasteiger partial charge in [-0.1, -0.05) is 48.9 Å². The lowest BCUT2D eigenvalue weighted by Crippen LogP contribution is -2.07. The molecule has 1 heterocycles. The van der Waals surface area contributed by atoms with E-state index >= 15 is 0 Å². The first-order valence-corrected chi connectivity index (χ1v) is 11.1. The Morgan fingerprint density at radius 1 is 1.10 bits per heavy atom. The predicted octanol–water partition coefficient (Wildman–Crippen LogP) is 6.38. The average Bonchev–Trinajstić information content (AvgIpc) is 3.14. The summed E-state index contributed by atoms with van der Waals surface area (Å²) in [7, 11) is 0.